The van der Waals surface area contributed by atoms with Crippen LogP contribution in [0.4, 0.5) is 0 Å². The average Bonchev–Trinajstić information content (AvgIpc) is 2.27. The Hall–Kier alpha value is -0.860. The topological polar surface area (TPSA) is 29.5 Å². The lowest BCUT2D eigenvalue weighted by atomic mass is 9.86. The normalized spacial score (nSPS) is 14.5. The number of methoxy groups -OCH3 is 1. The predicted octanol–water partition coefficient (Wildman–Crippen LogP) is 3.70. The third-order valence-corrected chi connectivity index (χ3v) is 3.57. The minimum Gasteiger partial charge on any atom is -0.393 e. The van der Waals surface area contributed by atoms with Crippen LogP contribution >= 0.6 is 0 Å². The molecule has 1 aromatic carbocycles. The van der Waals surface area contributed by atoms with Crippen LogP contribution in [0.2, 0.25) is 0 Å². The molecule has 2 heteroatoms. The molecule has 0 bridgehead atoms. The maximum absolute atomic E-state index is 10.1. The van der Waals surface area contributed by atoms with Crippen LogP contribution in [0.1, 0.15) is 52.2 Å². The standard InChI is InChI=1S/C17H28O2/c1-16(2,3)14-9-7-13(8-10-14)11-15(18)12-17(4,5)19-6/h7-10,15,18H,11-12H2,1-6H3. The molecule has 108 valence electrons. The lowest BCUT2D eigenvalue weighted by molar-refractivity contribution is -0.0190. The number of hydrogen-bond donors (Lipinski definition) is 1. The molecule has 1 rings (SSSR count). The first kappa shape index (κ1) is 16.2. The number of ether oxygens (including phenoxy) is 1. The highest BCUT2D eigenvalue weighted by Crippen LogP contribution is 2.23. The summed E-state index contributed by atoms with van der Waals surface area (Å²) >= 11 is 0. The van der Waals surface area contributed by atoms with E-state index < -0.39 is 0 Å². The molecule has 0 aliphatic carbocycles. The van der Waals surface area contributed by atoms with Crippen LogP contribution in [0.15, 0.2) is 24.3 Å². The minimum absolute atomic E-state index is 0.176. The largest absolute Gasteiger partial charge is 0.393 e. The molecule has 1 atom stereocenters. The van der Waals surface area contributed by atoms with Crippen LogP contribution in [0.5, 0.6) is 0 Å². The van der Waals surface area contributed by atoms with Crippen molar-refractivity contribution in [3.05, 3.63) is 35.4 Å². The highest BCUT2D eigenvalue weighted by molar-refractivity contribution is 5.27. The molecule has 1 unspecified atom stereocenters. The first-order chi connectivity index (χ1) is 8.64. The maximum atomic E-state index is 10.1. The molecule has 0 heterocycles. The van der Waals surface area contributed by atoms with Gasteiger partial charge in [0.2, 0.25) is 0 Å². The van der Waals surface area contributed by atoms with Gasteiger partial charge in [0, 0.05) is 13.5 Å². The summed E-state index contributed by atoms with van der Waals surface area (Å²) in [5.74, 6) is 0. The molecule has 0 spiro atoms. The number of hydrogen-bond acceptors (Lipinski definition) is 2. The van der Waals surface area contributed by atoms with Gasteiger partial charge in [-0.05, 0) is 36.8 Å². The number of rotatable bonds is 5. The number of benzene rings is 1. The summed E-state index contributed by atoms with van der Waals surface area (Å²) < 4.78 is 5.35. The van der Waals surface area contributed by atoms with Gasteiger partial charge in [0.1, 0.15) is 0 Å². The molecular weight excluding hydrogens is 236 g/mol. The summed E-state index contributed by atoms with van der Waals surface area (Å²) in [5, 5.41) is 10.1. The summed E-state index contributed by atoms with van der Waals surface area (Å²) in [7, 11) is 1.69. The van der Waals surface area contributed by atoms with Crippen molar-refractivity contribution < 1.29 is 9.84 Å². The van der Waals surface area contributed by atoms with Gasteiger partial charge in [0.15, 0.2) is 0 Å². The van der Waals surface area contributed by atoms with Gasteiger partial charge in [-0.2, -0.15) is 0 Å². The summed E-state index contributed by atoms with van der Waals surface area (Å²) in [4.78, 5) is 0. The van der Waals surface area contributed by atoms with E-state index >= 15 is 0 Å². The van der Waals surface area contributed by atoms with Gasteiger partial charge in [-0.15, -0.1) is 0 Å². The molecule has 0 radical (unpaired) electrons. The zero-order valence-corrected chi connectivity index (χ0v) is 13.2. The van der Waals surface area contributed by atoms with E-state index in [1.807, 2.05) is 13.8 Å². The van der Waals surface area contributed by atoms with E-state index in [1.165, 1.54) is 11.1 Å². The fraction of sp³-hybridized carbons (Fsp3) is 0.647. The average molecular weight is 264 g/mol. The van der Waals surface area contributed by atoms with Gasteiger partial charge in [0.25, 0.3) is 0 Å². The van der Waals surface area contributed by atoms with Crippen molar-refractivity contribution in [1.82, 2.24) is 0 Å². The van der Waals surface area contributed by atoms with E-state index in [0.29, 0.717) is 12.8 Å². The lowest BCUT2D eigenvalue weighted by Gasteiger charge is -2.26. The molecule has 0 saturated heterocycles. The second-order valence-electron chi connectivity index (χ2n) is 6.97. The smallest absolute Gasteiger partial charge is 0.0647 e. The SMILES string of the molecule is COC(C)(C)CC(O)Cc1ccc(C(C)(C)C)cc1. The predicted molar refractivity (Wildman–Crippen MR) is 80.6 cm³/mol. The monoisotopic (exact) mass is 264 g/mol. The van der Waals surface area contributed by atoms with Crippen molar-refractivity contribution in [2.75, 3.05) is 7.11 Å². The fourth-order valence-corrected chi connectivity index (χ4v) is 2.14. The maximum Gasteiger partial charge on any atom is 0.0647 e. The lowest BCUT2D eigenvalue weighted by Crippen LogP contribution is -2.29. The van der Waals surface area contributed by atoms with Gasteiger partial charge in [-0.3, -0.25) is 0 Å². The van der Waals surface area contributed by atoms with E-state index in [9.17, 15) is 5.11 Å². The van der Waals surface area contributed by atoms with Crippen molar-refractivity contribution >= 4 is 0 Å². The quantitative estimate of drug-likeness (QED) is 0.878. The fourth-order valence-electron chi connectivity index (χ4n) is 2.14. The molecule has 1 N–H and O–H groups in total. The zero-order valence-electron chi connectivity index (χ0n) is 13.2. The molecule has 0 fully saturated rings. The van der Waals surface area contributed by atoms with Gasteiger partial charge < -0.3 is 9.84 Å². The van der Waals surface area contributed by atoms with E-state index in [2.05, 4.69) is 45.0 Å². The molecule has 2 nitrogen and oxygen atoms in total. The molecule has 0 amide bonds. The molecule has 0 aromatic heterocycles. The summed E-state index contributed by atoms with van der Waals surface area (Å²) in [6, 6.07) is 8.54. The van der Waals surface area contributed by atoms with Gasteiger partial charge in [-0.25, -0.2) is 0 Å². The molecule has 1 aromatic rings. The number of aliphatic hydroxyl groups is 1. The van der Waals surface area contributed by atoms with Crippen molar-refractivity contribution in [2.24, 2.45) is 0 Å². The Morgan fingerprint density at radius 3 is 2.00 bits per heavy atom. The summed E-state index contributed by atoms with van der Waals surface area (Å²) in [6.07, 6.45) is 0.956. The Balaban J connectivity index is 2.63. The van der Waals surface area contributed by atoms with Crippen molar-refractivity contribution in [3.63, 3.8) is 0 Å². The van der Waals surface area contributed by atoms with Crippen LogP contribution in [-0.2, 0) is 16.6 Å². The molecule has 19 heavy (non-hydrogen) atoms. The van der Waals surface area contributed by atoms with Gasteiger partial charge >= 0.3 is 0 Å². The van der Waals surface area contributed by atoms with Crippen molar-refractivity contribution in [3.8, 4) is 0 Å². The molecule has 0 aliphatic rings. The van der Waals surface area contributed by atoms with Gasteiger partial charge in [-0.1, -0.05) is 45.0 Å². The number of aliphatic hydroxyl groups excluding tert-OH is 1. The zero-order chi connectivity index (χ0) is 14.7. The third kappa shape index (κ3) is 5.33. The first-order valence-corrected chi connectivity index (χ1v) is 6.97. The van der Waals surface area contributed by atoms with Gasteiger partial charge in [0.05, 0.1) is 11.7 Å². The van der Waals surface area contributed by atoms with Crippen LogP contribution < -0.4 is 0 Å². The van der Waals surface area contributed by atoms with E-state index in [1.54, 1.807) is 7.11 Å². The molecular formula is C17H28O2. The Morgan fingerprint density at radius 2 is 1.58 bits per heavy atom. The third-order valence-electron chi connectivity index (χ3n) is 3.57. The van der Waals surface area contributed by atoms with Crippen LogP contribution in [0.25, 0.3) is 0 Å². The molecule has 0 saturated carbocycles. The highest BCUT2D eigenvalue weighted by Gasteiger charge is 2.21. The highest BCUT2D eigenvalue weighted by atomic mass is 16.5. The van der Waals surface area contributed by atoms with E-state index in [0.717, 1.165) is 0 Å². The Bertz CT molecular complexity index is 385. The second-order valence-corrected chi connectivity index (χ2v) is 6.97. The Morgan fingerprint density at radius 1 is 1.05 bits per heavy atom. The van der Waals surface area contributed by atoms with Crippen LogP contribution in [0.3, 0.4) is 0 Å². The van der Waals surface area contributed by atoms with Crippen LogP contribution in [-0.4, -0.2) is 23.9 Å². The molecule has 0 aliphatic heterocycles. The van der Waals surface area contributed by atoms with Crippen molar-refractivity contribution in [1.29, 1.82) is 0 Å². The Labute approximate surface area is 117 Å². The van der Waals surface area contributed by atoms with Crippen LogP contribution in [0, 0.1) is 0 Å². The minimum atomic E-state index is -0.365. The van der Waals surface area contributed by atoms with E-state index in [4.69, 9.17) is 4.74 Å². The Kier molecular flexibility index (Phi) is 5.17. The first-order valence-electron chi connectivity index (χ1n) is 6.97. The summed E-state index contributed by atoms with van der Waals surface area (Å²) in [6.45, 7) is 10.6. The van der Waals surface area contributed by atoms with E-state index in [-0.39, 0.29) is 17.1 Å². The summed E-state index contributed by atoms with van der Waals surface area (Å²) in [5.41, 5.74) is 2.40. The van der Waals surface area contributed by atoms with Crippen molar-refractivity contribution in [2.45, 2.75) is 64.6 Å². The second kappa shape index (κ2) is 6.06.